The summed E-state index contributed by atoms with van der Waals surface area (Å²) >= 11 is 21.5. The van der Waals surface area contributed by atoms with E-state index in [1.165, 1.54) is 56.6 Å². The van der Waals surface area contributed by atoms with Gasteiger partial charge in [0.25, 0.3) is 16.7 Å². The zero-order valence-electron chi connectivity index (χ0n) is 44.6. The Morgan fingerprint density at radius 1 is 0.607 bits per heavy atom. The van der Waals surface area contributed by atoms with Gasteiger partial charge in [-0.3, -0.25) is 47.6 Å². The summed E-state index contributed by atoms with van der Waals surface area (Å²) in [5.41, 5.74) is 2.70. The minimum absolute atomic E-state index is 0.0660. The molecule has 0 bridgehead atoms. The molecule has 4 fully saturated rings. The molecule has 4 saturated heterocycles. The van der Waals surface area contributed by atoms with Crippen LogP contribution in [0, 0.1) is 20.8 Å². The minimum Gasteiger partial charge on any atom is -0.382 e. The van der Waals surface area contributed by atoms with Crippen molar-refractivity contribution in [1.82, 2.24) is 48.2 Å². The lowest BCUT2D eigenvalue weighted by molar-refractivity contribution is -0.0641. The number of nitrogen functional groups attached to an aromatic ring is 1. The largest absolute Gasteiger partial charge is 0.382 e. The first-order valence-electron chi connectivity index (χ1n) is 25.2. The molecule has 0 radical (unpaired) electrons. The number of imidazole rings is 1. The topological polar surface area (TPSA) is 435 Å². The number of nitrogens with zero attached hydrogens (tertiary/aromatic N) is 7. The summed E-state index contributed by atoms with van der Waals surface area (Å²) in [4.78, 5) is 140. The second-order valence-corrected chi connectivity index (χ2v) is 30.5. The molecule has 0 aliphatic carbocycles. The molecular formula is C42H57N11O23P4S4. The van der Waals surface area contributed by atoms with Crippen LogP contribution in [0.4, 0.5) is 5.82 Å². The van der Waals surface area contributed by atoms with Crippen LogP contribution in [0.1, 0.15) is 67.8 Å². The SMILES string of the molecule is CCO[C@H]1C(OP(O)(=S)OC[C@H]2O[C@@H](n3cnc4c(N)ncnc43)CC2OP(O)(=S)OC[C@H]2O[C@@H](n3cc(C)c(=O)[nH]c3=O)CC2OP(O)(=S)OC[C@H]2O[C@@H](n3cc(C)c(=O)[nH]c3=O)CC2OP(O)(=S)OC)CO[C@H]1n1cc(C)c(=O)[nH]c1=O. The first-order chi connectivity index (χ1) is 39.5. The van der Waals surface area contributed by atoms with E-state index in [1.54, 1.807) is 6.92 Å². The Labute approximate surface area is 493 Å². The van der Waals surface area contributed by atoms with E-state index in [0.717, 1.165) is 20.8 Å². The number of aromatic amines is 3. The molecule has 34 nitrogen and oxygen atoms in total. The fourth-order valence-corrected chi connectivity index (χ4v) is 14.8. The molecule has 0 saturated carbocycles. The molecule has 4 aliphatic heterocycles. The number of anilines is 1. The van der Waals surface area contributed by atoms with Gasteiger partial charge in [-0.15, -0.1) is 0 Å². The molecule has 0 aromatic carbocycles. The second-order valence-electron chi connectivity index (χ2n) is 19.3. The molecule has 4 aliphatic rings. The Balaban J connectivity index is 0.914. The van der Waals surface area contributed by atoms with Crippen LogP contribution in [0.5, 0.6) is 0 Å². The highest BCUT2D eigenvalue weighted by atomic mass is 32.5. The molecule has 16 atom stereocenters. The van der Waals surface area contributed by atoms with Crippen molar-refractivity contribution in [1.29, 1.82) is 0 Å². The van der Waals surface area contributed by atoms with Gasteiger partial charge in [0.15, 0.2) is 17.7 Å². The van der Waals surface area contributed by atoms with Crippen LogP contribution >= 0.6 is 26.9 Å². The Hall–Kier alpha value is -3.69. The highest BCUT2D eigenvalue weighted by Gasteiger charge is 2.48. The number of ether oxygens (including phenoxy) is 5. The number of aromatic nitrogens is 10. The monoisotopic (exact) mass is 1340 g/mol. The molecule has 42 heteroatoms. The minimum atomic E-state index is -4.47. The van der Waals surface area contributed by atoms with E-state index < -0.39 is 154 Å². The number of hydrogen-bond acceptors (Lipinski definition) is 27. The third-order valence-corrected chi connectivity index (χ3v) is 20.0. The van der Waals surface area contributed by atoms with Gasteiger partial charge < -0.3 is 85.2 Å². The van der Waals surface area contributed by atoms with Crippen molar-refractivity contribution in [3.05, 3.63) is 110 Å². The van der Waals surface area contributed by atoms with E-state index in [4.69, 9.17) is 113 Å². The summed E-state index contributed by atoms with van der Waals surface area (Å²) < 4.78 is 81.4. The van der Waals surface area contributed by atoms with Gasteiger partial charge in [0.2, 0.25) is 0 Å². The van der Waals surface area contributed by atoms with E-state index >= 15 is 0 Å². The Kier molecular flexibility index (Phi) is 20.2. The number of fused-ring (bicyclic) bond motifs is 1. The maximum atomic E-state index is 13.1. The molecule has 9 N–H and O–H groups in total. The van der Waals surface area contributed by atoms with Crippen LogP contribution < -0.4 is 39.5 Å². The van der Waals surface area contributed by atoms with E-state index in [9.17, 15) is 48.3 Å². The first kappa shape index (κ1) is 64.8. The predicted octanol–water partition coefficient (Wildman–Crippen LogP) is -0.115. The number of H-pyrrole nitrogens is 3. The smallest absolute Gasteiger partial charge is 0.330 e. The second kappa shape index (κ2) is 26.2. The summed E-state index contributed by atoms with van der Waals surface area (Å²) in [5.74, 6) is 0.0660. The number of hydrogen-bond donors (Lipinski definition) is 8. The summed E-state index contributed by atoms with van der Waals surface area (Å²) in [5, 5.41) is 0. The molecule has 9 heterocycles. The lowest BCUT2D eigenvalue weighted by atomic mass is 10.2. The molecule has 5 aromatic heterocycles. The van der Waals surface area contributed by atoms with Crippen LogP contribution in [0.15, 0.2) is 60.0 Å². The van der Waals surface area contributed by atoms with Crippen molar-refractivity contribution >= 4 is 91.1 Å². The quantitative estimate of drug-likeness (QED) is 0.0374. The summed E-state index contributed by atoms with van der Waals surface area (Å²) in [6.45, 7) is -12.9. The van der Waals surface area contributed by atoms with E-state index in [1.807, 2.05) is 0 Å². The fourth-order valence-electron chi connectivity index (χ4n) is 9.45. The highest BCUT2D eigenvalue weighted by Crippen LogP contribution is 2.55. The molecule has 84 heavy (non-hydrogen) atoms. The van der Waals surface area contributed by atoms with Crippen LogP contribution in [-0.2, 0) is 107 Å². The zero-order valence-corrected chi connectivity index (χ0v) is 51.5. The van der Waals surface area contributed by atoms with Gasteiger partial charge >= 0.3 is 43.9 Å². The molecule has 462 valence electrons. The standard InChI is InChI=1S/C42H57N11O23P4S4/c1-6-65-33-28(13-66-39(33)52-12-21(4)38(56)49-42(52)59)76-80(63,84)69-16-27-24(9-31(72-27)53-18-46-32-34(43)44-17-45-35(32)53)75-79(62,83)68-15-26-23(8-30(71-26)51-11-20(3)37(55)48-41(51)58)74-78(61,82)67-14-25-22(73-77(60,81)64-5)7-29(70-25)50-10-19(2)36(54)47-40(50)57/h10-12,17-18,22-31,33,39H,6-9,13-16H2,1-5H3,(H,60,81)(H,61,82)(H,62,83)(H,63,84)(H2,43,44,45)(H,47,54,57)(H,48,55,58)(H,49,56,59)/t22?,23?,24?,25-,26-,27-,28?,29-,30-,31-,33+,39-,77?,78?,79?,80?/m1/s1. The Morgan fingerprint density at radius 2 is 1.01 bits per heavy atom. The molecule has 0 amide bonds. The fraction of sp³-hybridized carbons (Fsp3) is 0.595. The molecule has 9 rings (SSSR count). The number of rotatable bonds is 24. The van der Waals surface area contributed by atoms with E-state index in [-0.39, 0.29) is 66.1 Å². The third-order valence-electron chi connectivity index (χ3n) is 13.5. The number of nitrogens with one attached hydrogen (secondary N) is 3. The van der Waals surface area contributed by atoms with Gasteiger partial charge in [-0.05, 0) is 74.9 Å². The predicted molar refractivity (Wildman–Crippen MR) is 304 cm³/mol. The lowest BCUT2D eigenvalue weighted by Gasteiger charge is -2.28. The van der Waals surface area contributed by atoms with Gasteiger partial charge in [-0.1, -0.05) is 0 Å². The maximum Gasteiger partial charge on any atom is 0.330 e. The average Bonchev–Trinajstić information content (AvgIpc) is 3.54. The Bertz CT molecular complexity index is 3850. The first-order valence-corrected chi connectivity index (χ1v) is 35.5. The van der Waals surface area contributed by atoms with Gasteiger partial charge in [0.1, 0.15) is 61.0 Å². The summed E-state index contributed by atoms with van der Waals surface area (Å²) in [6, 6.07) is 0. The molecule has 0 spiro atoms. The van der Waals surface area contributed by atoms with Gasteiger partial charge in [0.05, 0.1) is 51.1 Å². The van der Waals surface area contributed by atoms with Crippen LogP contribution in [0.2, 0.25) is 0 Å². The number of aryl methyl sites for hydroxylation is 3. The molecule has 5 aromatic rings. The van der Waals surface area contributed by atoms with Crippen molar-refractivity contribution in [3.63, 3.8) is 0 Å². The maximum absolute atomic E-state index is 13.1. The molecule has 8 unspecified atom stereocenters. The van der Waals surface area contributed by atoms with Gasteiger partial charge in [0, 0.05) is 68.3 Å². The number of nitrogens with two attached hydrogens (primary N) is 1. The normalized spacial score (nSPS) is 29.2. The zero-order chi connectivity index (χ0) is 60.8. The lowest BCUT2D eigenvalue weighted by Crippen LogP contribution is -2.40. The van der Waals surface area contributed by atoms with E-state index in [0.29, 0.717) is 0 Å². The van der Waals surface area contributed by atoms with Crippen molar-refractivity contribution < 1.29 is 79.4 Å². The van der Waals surface area contributed by atoms with Crippen LogP contribution in [-0.4, -0.2) is 157 Å². The van der Waals surface area contributed by atoms with Crippen LogP contribution in [0.25, 0.3) is 11.2 Å². The van der Waals surface area contributed by atoms with Crippen molar-refractivity contribution in [3.8, 4) is 0 Å². The van der Waals surface area contributed by atoms with Crippen molar-refractivity contribution in [2.45, 2.75) is 121 Å². The molecular weight excluding hydrogens is 1280 g/mol. The van der Waals surface area contributed by atoms with E-state index in [2.05, 4.69) is 29.9 Å². The average molecular weight is 1340 g/mol. The van der Waals surface area contributed by atoms with Crippen LogP contribution in [0.3, 0.4) is 0 Å². The van der Waals surface area contributed by atoms with Gasteiger partial charge in [-0.25, -0.2) is 29.3 Å². The van der Waals surface area contributed by atoms with Crippen molar-refractivity contribution in [2.75, 3.05) is 45.9 Å². The Morgan fingerprint density at radius 3 is 1.45 bits per heavy atom. The summed E-state index contributed by atoms with van der Waals surface area (Å²) in [6.07, 6.45) is -8.12. The highest BCUT2D eigenvalue weighted by molar-refractivity contribution is 8.08. The van der Waals surface area contributed by atoms with Gasteiger partial charge in [-0.2, -0.15) is 0 Å². The third kappa shape index (κ3) is 15.1. The summed E-state index contributed by atoms with van der Waals surface area (Å²) in [7, 11) is 1.12. The van der Waals surface area contributed by atoms with Crippen molar-refractivity contribution in [2.24, 2.45) is 0 Å².